The maximum atomic E-state index is 12.9. The summed E-state index contributed by atoms with van der Waals surface area (Å²) in [5, 5.41) is 9.98. The summed E-state index contributed by atoms with van der Waals surface area (Å²) in [5.41, 5.74) is 5.07. The summed E-state index contributed by atoms with van der Waals surface area (Å²) in [6.45, 7) is 5.72. The number of fused-ring (bicyclic) bond motifs is 2. The molecule has 0 saturated carbocycles. The van der Waals surface area contributed by atoms with Gasteiger partial charge in [0.15, 0.2) is 0 Å². The van der Waals surface area contributed by atoms with Gasteiger partial charge in [-0.2, -0.15) is 0 Å². The van der Waals surface area contributed by atoms with Crippen LogP contribution in [-0.2, 0) is 4.79 Å². The first-order valence-corrected chi connectivity index (χ1v) is 9.27. The number of imidazole rings is 1. The Morgan fingerprint density at radius 3 is 2.69 bits per heavy atom. The van der Waals surface area contributed by atoms with Crippen molar-refractivity contribution in [1.29, 1.82) is 0 Å². The molecule has 150 valence electrons. The van der Waals surface area contributed by atoms with Gasteiger partial charge >= 0.3 is 0 Å². The van der Waals surface area contributed by atoms with Gasteiger partial charge in [0.05, 0.1) is 22.6 Å². The zero-order chi connectivity index (χ0) is 21.0. The van der Waals surface area contributed by atoms with Crippen molar-refractivity contribution >= 4 is 29.1 Å². The average Bonchev–Trinajstić information content (AvgIpc) is 3.30. The molecule has 0 aliphatic heterocycles. The van der Waals surface area contributed by atoms with E-state index >= 15 is 0 Å². The lowest BCUT2D eigenvalue weighted by Gasteiger charge is -2.14. The fourth-order valence-corrected chi connectivity index (χ4v) is 3.31. The molecule has 0 aliphatic rings. The number of nitrogens with zero attached hydrogens (tertiary/aromatic N) is 3. The zero-order valence-corrected chi connectivity index (χ0v) is 16.5. The largest absolute Gasteiger partial charge is 0.483 e. The first-order chi connectivity index (χ1) is 14.0. The Morgan fingerprint density at radius 2 is 2.00 bits per heavy atom. The minimum atomic E-state index is -0.250. The number of hydrogen-bond donors (Lipinski definition) is 3. The molecule has 1 atom stereocenters. The van der Waals surface area contributed by atoms with Gasteiger partial charge in [-0.15, -0.1) is 0 Å². The van der Waals surface area contributed by atoms with Crippen LogP contribution >= 0.6 is 0 Å². The minimum Gasteiger partial charge on any atom is -0.483 e. The van der Waals surface area contributed by atoms with E-state index < -0.39 is 0 Å². The molecule has 1 unspecified atom stereocenters. The normalized spacial score (nSPS) is 11.7. The highest BCUT2D eigenvalue weighted by Crippen LogP contribution is 2.20. The lowest BCUT2D eigenvalue weighted by atomic mass is 10.2. The lowest BCUT2D eigenvalue weighted by Crippen LogP contribution is -2.29. The van der Waals surface area contributed by atoms with Crippen LogP contribution in [0.4, 0.5) is 0 Å². The Hall–Kier alpha value is -3.68. The summed E-state index contributed by atoms with van der Waals surface area (Å²) in [7, 11) is 0. The summed E-state index contributed by atoms with van der Waals surface area (Å²) in [6.07, 6.45) is 2.62. The van der Waals surface area contributed by atoms with Crippen molar-refractivity contribution in [2.45, 2.75) is 33.2 Å². The second kappa shape index (κ2) is 8.55. The van der Waals surface area contributed by atoms with Crippen molar-refractivity contribution in [2.75, 3.05) is 0 Å². The Labute approximate surface area is 167 Å². The van der Waals surface area contributed by atoms with Gasteiger partial charge in [-0.1, -0.05) is 19.1 Å². The molecule has 0 fully saturated rings. The number of H-pyrrole nitrogens is 1. The van der Waals surface area contributed by atoms with E-state index in [1.165, 1.54) is 0 Å². The van der Waals surface area contributed by atoms with Crippen LogP contribution in [0.1, 0.15) is 47.0 Å². The van der Waals surface area contributed by atoms with E-state index in [1.807, 2.05) is 67.8 Å². The molecule has 3 aromatic heterocycles. The quantitative estimate of drug-likeness (QED) is 0.460. The monoisotopic (exact) mass is 393 g/mol. The smallest absolute Gasteiger partial charge is 0.290 e. The van der Waals surface area contributed by atoms with Crippen molar-refractivity contribution < 1.29 is 14.7 Å². The maximum Gasteiger partial charge on any atom is 0.290 e. The van der Waals surface area contributed by atoms with E-state index in [0.29, 0.717) is 11.2 Å². The number of rotatable bonds is 4. The average molecular weight is 393 g/mol. The number of benzene rings is 1. The van der Waals surface area contributed by atoms with Gasteiger partial charge in [0.25, 0.3) is 12.4 Å². The van der Waals surface area contributed by atoms with Gasteiger partial charge in [-0.05, 0) is 44.5 Å². The standard InChI is InChI=1S/C20H21N5O.CH2O2/c1-4-15(18-22-16-7-5-6-8-17(16)23-18)24-20(26)14-9-10-25-13(3)11-12(2)21-19(14)25;2-1-3/h5-11,15H,4H2,1-3H3,(H,22,23)(H,24,26);1H,(H,2,3). The number of hydrogen-bond acceptors (Lipinski definition) is 4. The molecule has 0 saturated heterocycles. The highest BCUT2D eigenvalue weighted by Gasteiger charge is 2.20. The van der Waals surface area contributed by atoms with E-state index in [1.54, 1.807) is 0 Å². The first kappa shape index (κ1) is 20.1. The third-order valence-corrected chi connectivity index (χ3v) is 4.64. The van der Waals surface area contributed by atoms with E-state index in [4.69, 9.17) is 9.90 Å². The lowest BCUT2D eigenvalue weighted by molar-refractivity contribution is -0.122. The van der Waals surface area contributed by atoms with Crippen LogP contribution in [0.2, 0.25) is 0 Å². The van der Waals surface area contributed by atoms with Crippen LogP contribution in [0.5, 0.6) is 0 Å². The highest BCUT2D eigenvalue weighted by atomic mass is 16.3. The third-order valence-electron chi connectivity index (χ3n) is 4.64. The Morgan fingerprint density at radius 1 is 1.28 bits per heavy atom. The van der Waals surface area contributed by atoms with Gasteiger partial charge in [0, 0.05) is 17.6 Å². The highest BCUT2D eigenvalue weighted by molar-refractivity contribution is 6.00. The van der Waals surface area contributed by atoms with E-state index in [0.717, 1.165) is 34.7 Å². The van der Waals surface area contributed by atoms with Crippen LogP contribution < -0.4 is 5.32 Å². The van der Waals surface area contributed by atoms with Gasteiger partial charge in [0.2, 0.25) is 0 Å². The maximum absolute atomic E-state index is 12.9. The molecular weight excluding hydrogens is 370 g/mol. The zero-order valence-electron chi connectivity index (χ0n) is 16.5. The Bertz CT molecular complexity index is 1130. The van der Waals surface area contributed by atoms with Gasteiger partial charge in [-0.3, -0.25) is 9.59 Å². The van der Waals surface area contributed by atoms with Gasteiger partial charge in [0.1, 0.15) is 11.5 Å². The second-order valence-corrected chi connectivity index (χ2v) is 6.64. The molecule has 8 nitrogen and oxygen atoms in total. The molecule has 0 aliphatic carbocycles. The number of aromatic amines is 1. The number of carbonyl (C=O) groups is 2. The fourth-order valence-electron chi connectivity index (χ4n) is 3.31. The van der Waals surface area contributed by atoms with Crippen molar-refractivity contribution in [3.63, 3.8) is 0 Å². The topological polar surface area (TPSA) is 112 Å². The van der Waals surface area contributed by atoms with Crippen molar-refractivity contribution in [3.05, 3.63) is 65.4 Å². The molecule has 29 heavy (non-hydrogen) atoms. The number of aryl methyl sites for hydroxylation is 2. The number of para-hydroxylation sites is 2. The molecule has 8 heteroatoms. The van der Waals surface area contributed by atoms with E-state index in [-0.39, 0.29) is 18.4 Å². The predicted octanol–water partition coefficient (Wildman–Crippen LogP) is 3.41. The Kier molecular flexibility index (Phi) is 5.92. The molecule has 3 N–H and O–H groups in total. The number of carbonyl (C=O) groups excluding carboxylic acids is 1. The number of aromatic nitrogens is 4. The molecular formula is C21H23N5O3. The predicted molar refractivity (Wildman–Crippen MR) is 110 cm³/mol. The fraction of sp³-hybridized carbons (Fsp3) is 0.238. The van der Waals surface area contributed by atoms with E-state index in [2.05, 4.69) is 20.3 Å². The summed E-state index contributed by atoms with van der Waals surface area (Å²) in [6, 6.07) is 11.5. The molecule has 4 rings (SSSR count). The molecule has 0 spiro atoms. The summed E-state index contributed by atoms with van der Waals surface area (Å²) < 4.78 is 1.93. The molecule has 4 aromatic rings. The van der Waals surface area contributed by atoms with Gasteiger partial charge in [-0.25, -0.2) is 9.97 Å². The molecule has 0 bridgehead atoms. The number of nitrogens with one attached hydrogen (secondary N) is 2. The SMILES string of the molecule is CCC(NC(=O)c1ccn2c(C)cc(C)nc12)c1nc2ccccc2[nH]1.O=CO. The van der Waals surface area contributed by atoms with Crippen LogP contribution in [0, 0.1) is 13.8 Å². The van der Waals surface area contributed by atoms with E-state index in [9.17, 15) is 4.79 Å². The van der Waals surface area contributed by atoms with Gasteiger partial charge < -0.3 is 19.8 Å². The molecule has 1 amide bonds. The molecule has 3 heterocycles. The summed E-state index contributed by atoms with van der Waals surface area (Å²) in [4.78, 5) is 33.7. The molecule has 1 aromatic carbocycles. The van der Waals surface area contributed by atoms with Crippen molar-refractivity contribution in [2.24, 2.45) is 0 Å². The second-order valence-electron chi connectivity index (χ2n) is 6.64. The number of carboxylic acid groups (broad SMARTS) is 1. The summed E-state index contributed by atoms with van der Waals surface area (Å²) >= 11 is 0. The number of amides is 1. The summed E-state index contributed by atoms with van der Waals surface area (Å²) in [5.74, 6) is 0.628. The third kappa shape index (κ3) is 4.11. The van der Waals surface area contributed by atoms with Crippen LogP contribution in [0.25, 0.3) is 16.7 Å². The van der Waals surface area contributed by atoms with Crippen LogP contribution in [0.15, 0.2) is 42.6 Å². The van der Waals surface area contributed by atoms with Crippen molar-refractivity contribution in [1.82, 2.24) is 24.7 Å². The van der Waals surface area contributed by atoms with Crippen LogP contribution in [-0.4, -0.2) is 36.8 Å². The first-order valence-electron chi connectivity index (χ1n) is 9.27. The molecule has 0 radical (unpaired) electrons. The minimum absolute atomic E-state index is 0.141. The van der Waals surface area contributed by atoms with Crippen molar-refractivity contribution in [3.8, 4) is 0 Å². The van der Waals surface area contributed by atoms with Crippen LogP contribution in [0.3, 0.4) is 0 Å². The Balaban J connectivity index is 0.000000755.